The van der Waals surface area contributed by atoms with Crippen LogP contribution in [0.1, 0.15) is 30.1 Å². The van der Waals surface area contributed by atoms with Gasteiger partial charge in [-0.3, -0.25) is 9.59 Å². The van der Waals surface area contributed by atoms with Crippen LogP contribution in [0, 0.1) is 5.92 Å². The smallest absolute Gasteiger partial charge is 0.310 e. The van der Waals surface area contributed by atoms with Crippen LogP contribution in [-0.4, -0.2) is 32.0 Å². The first-order valence-electron chi connectivity index (χ1n) is 6.71. The molecule has 102 valence electrons. The molecule has 0 amide bonds. The van der Waals surface area contributed by atoms with Crippen LogP contribution in [0.25, 0.3) is 0 Å². The number of esters is 1. The molecule has 1 aromatic carbocycles. The van der Waals surface area contributed by atoms with Crippen molar-refractivity contribution >= 4 is 17.9 Å². The van der Waals surface area contributed by atoms with Crippen LogP contribution in [0.3, 0.4) is 0 Å². The second-order valence-electron chi connectivity index (χ2n) is 4.75. The lowest BCUT2D eigenvalue weighted by Crippen LogP contribution is -2.39. The number of ether oxygens (including phenoxy) is 1. The van der Waals surface area contributed by atoms with E-state index in [1.807, 2.05) is 19.1 Å². The van der Waals surface area contributed by atoms with Crippen LogP contribution in [0.4, 0.5) is 5.69 Å². The van der Waals surface area contributed by atoms with Gasteiger partial charge < -0.3 is 9.64 Å². The minimum atomic E-state index is -0.100. The number of hydrogen-bond donors (Lipinski definition) is 0. The highest BCUT2D eigenvalue weighted by atomic mass is 16.5. The Morgan fingerprint density at radius 3 is 2.79 bits per heavy atom. The number of carbonyl (C=O) groups is 2. The van der Waals surface area contributed by atoms with E-state index in [1.54, 1.807) is 12.1 Å². The molecule has 0 aliphatic carbocycles. The van der Waals surface area contributed by atoms with E-state index in [0.29, 0.717) is 18.7 Å². The number of anilines is 1. The maximum atomic E-state index is 11.8. The highest BCUT2D eigenvalue weighted by molar-refractivity contribution is 5.76. The van der Waals surface area contributed by atoms with E-state index in [4.69, 9.17) is 4.74 Å². The molecule has 4 heteroatoms. The molecule has 0 radical (unpaired) electrons. The van der Waals surface area contributed by atoms with E-state index in [1.165, 1.54) is 0 Å². The number of hydrogen-bond acceptors (Lipinski definition) is 4. The molecule has 1 aliphatic heterocycles. The number of rotatable bonds is 4. The fourth-order valence-electron chi connectivity index (χ4n) is 2.43. The average molecular weight is 261 g/mol. The van der Waals surface area contributed by atoms with Gasteiger partial charge in [-0.1, -0.05) is 0 Å². The van der Waals surface area contributed by atoms with Crippen LogP contribution < -0.4 is 4.90 Å². The molecule has 1 aromatic rings. The summed E-state index contributed by atoms with van der Waals surface area (Å²) in [4.78, 5) is 24.6. The SMILES string of the molecule is CCOC(=O)C1CCCN(c2ccc(C=O)cc2)C1. The van der Waals surface area contributed by atoms with E-state index >= 15 is 0 Å². The van der Waals surface area contributed by atoms with Gasteiger partial charge in [0.25, 0.3) is 0 Å². The lowest BCUT2D eigenvalue weighted by Gasteiger charge is -2.33. The van der Waals surface area contributed by atoms with Gasteiger partial charge in [0.2, 0.25) is 0 Å². The summed E-state index contributed by atoms with van der Waals surface area (Å²) >= 11 is 0. The lowest BCUT2D eigenvalue weighted by molar-refractivity contribution is -0.148. The summed E-state index contributed by atoms with van der Waals surface area (Å²) in [6.07, 6.45) is 2.71. The summed E-state index contributed by atoms with van der Waals surface area (Å²) in [6, 6.07) is 7.46. The van der Waals surface area contributed by atoms with Gasteiger partial charge in [0, 0.05) is 24.3 Å². The fourth-order valence-corrected chi connectivity index (χ4v) is 2.43. The Bertz CT molecular complexity index is 441. The zero-order valence-corrected chi connectivity index (χ0v) is 11.2. The summed E-state index contributed by atoms with van der Waals surface area (Å²) < 4.78 is 5.09. The van der Waals surface area contributed by atoms with Gasteiger partial charge in [-0.05, 0) is 44.0 Å². The van der Waals surface area contributed by atoms with Crippen LogP contribution in [0.15, 0.2) is 24.3 Å². The molecule has 1 atom stereocenters. The van der Waals surface area contributed by atoms with Gasteiger partial charge in [-0.25, -0.2) is 0 Å². The van der Waals surface area contributed by atoms with E-state index < -0.39 is 0 Å². The zero-order valence-electron chi connectivity index (χ0n) is 11.2. The maximum Gasteiger partial charge on any atom is 0.310 e. The van der Waals surface area contributed by atoms with Gasteiger partial charge in [0.1, 0.15) is 6.29 Å². The van der Waals surface area contributed by atoms with Crippen molar-refractivity contribution in [2.45, 2.75) is 19.8 Å². The van der Waals surface area contributed by atoms with E-state index in [9.17, 15) is 9.59 Å². The highest BCUT2D eigenvalue weighted by Crippen LogP contribution is 2.24. The maximum absolute atomic E-state index is 11.8. The second-order valence-corrected chi connectivity index (χ2v) is 4.75. The fraction of sp³-hybridized carbons (Fsp3) is 0.467. The summed E-state index contributed by atoms with van der Waals surface area (Å²) in [5.41, 5.74) is 1.72. The van der Waals surface area contributed by atoms with Crippen molar-refractivity contribution in [3.05, 3.63) is 29.8 Å². The largest absolute Gasteiger partial charge is 0.466 e. The predicted molar refractivity (Wildman–Crippen MR) is 73.4 cm³/mol. The number of nitrogens with zero attached hydrogens (tertiary/aromatic N) is 1. The molecule has 0 N–H and O–H groups in total. The first-order valence-corrected chi connectivity index (χ1v) is 6.71. The van der Waals surface area contributed by atoms with Gasteiger partial charge >= 0.3 is 5.97 Å². The van der Waals surface area contributed by atoms with Crippen molar-refractivity contribution < 1.29 is 14.3 Å². The first-order chi connectivity index (χ1) is 9.24. The van der Waals surface area contributed by atoms with E-state index in [0.717, 1.165) is 31.4 Å². The highest BCUT2D eigenvalue weighted by Gasteiger charge is 2.26. The third kappa shape index (κ3) is 3.34. The Hall–Kier alpha value is -1.84. The van der Waals surface area contributed by atoms with Gasteiger partial charge in [0.05, 0.1) is 12.5 Å². The number of piperidine rings is 1. The molecule has 2 rings (SSSR count). The molecule has 1 heterocycles. The van der Waals surface area contributed by atoms with Crippen molar-refractivity contribution in [3.8, 4) is 0 Å². The van der Waals surface area contributed by atoms with Crippen LogP contribution in [0.2, 0.25) is 0 Å². The third-order valence-corrected chi connectivity index (χ3v) is 3.44. The van der Waals surface area contributed by atoms with Gasteiger partial charge in [-0.15, -0.1) is 0 Å². The molecule has 1 saturated heterocycles. The molecule has 1 aliphatic rings. The normalized spacial score (nSPS) is 19.0. The standard InChI is InChI=1S/C15H19NO3/c1-2-19-15(18)13-4-3-9-16(10-13)14-7-5-12(11-17)6-8-14/h5-8,11,13H,2-4,9-10H2,1H3. The molecule has 0 aromatic heterocycles. The molecular weight excluding hydrogens is 242 g/mol. The summed E-state index contributed by atoms with van der Waals surface area (Å²) in [5, 5.41) is 0. The average Bonchev–Trinajstić information content (AvgIpc) is 2.48. The molecular formula is C15H19NO3. The van der Waals surface area contributed by atoms with Crippen molar-refractivity contribution in [1.29, 1.82) is 0 Å². The summed E-state index contributed by atoms with van der Waals surface area (Å²) in [5.74, 6) is -0.142. The number of carbonyl (C=O) groups excluding carboxylic acids is 2. The number of aldehydes is 1. The molecule has 1 unspecified atom stereocenters. The minimum absolute atomic E-state index is 0.0422. The van der Waals surface area contributed by atoms with E-state index in [-0.39, 0.29) is 11.9 Å². The molecule has 0 spiro atoms. The van der Waals surface area contributed by atoms with Crippen molar-refractivity contribution in [2.24, 2.45) is 5.92 Å². The summed E-state index contributed by atoms with van der Waals surface area (Å²) in [7, 11) is 0. The van der Waals surface area contributed by atoms with Gasteiger partial charge in [-0.2, -0.15) is 0 Å². The van der Waals surface area contributed by atoms with Crippen molar-refractivity contribution in [2.75, 3.05) is 24.6 Å². The first kappa shape index (κ1) is 13.6. The van der Waals surface area contributed by atoms with Gasteiger partial charge in [0.15, 0.2) is 0 Å². The van der Waals surface area contributed by atoms with Crippen molar-refractivity contribution in [3.63, 3.8) is 0 Å². The predicted octanol–water partition coefficient (Wildman–Crippen LogP) is 2.28. The molecule has 0 bridgehead atoms. The van der Waals surface area contributed by atoms with Crippen LogP contribution >= 0.6 is 0 Å². The lowest BCUT2D eigenvalue weighted by atomic mass is 9.97. The molecule has 0 saturated carbocycles. The Morgan fingerprint density at radius 1 is 1.42 bits per heavy atom. The Morgan fingerprint density at radius 2 is 2.16 bits per heavy atom. The Kier molecular flexibility index (Phi) is 4.55. The Balaban J connectivity index is 2.03. The molecule has 4 nitrogen and oxygen atoms in total. The third-order valence-electron chi connectivity index (χ3n) is 3.44. The molecule has 19 heavy (non-hydrogen) atoms. The summed E-state index contributed by atoms with van der Waals surface area (Å²) in [6.45, 7) is 3.90. The number of benzene rings is 1. The van der Waals surface area contributed by atoms with Crippen LogP contribution in [0.5, 0.6) is 0 Å². The monoisotopic (exact) mass is 261 g/mol. The van der Waals surface area contributed by atoms with Crippen LogP contribution in [-0.2, 0) is 9.53 Å². The second kappa shape index (κ2) is 6.36. The minimum Gasteiger partial charge on any atom is -0.466 e. The topological polar surface area (TPSA) is 46.6 Å². The van der Waals surface area contributed by atoms with Crippen molar-refractivity contribution in [1.82, 2.24) is 0 Å². The zero-order chi connectivity index (χ0) is 13.7. The van der Waals surface area contributed by atoms with E-state index in [2.05, 4.69) is 4.90 Å². The Labute approximate surface area is 113 Å². The quantitative estimate of drug-likeness (QED) is 0.616. The molecule has 1 fully saturated rings.